The van der Waals surface area contributed by atoms with Gasteiger partial charge in [0.25, 0.3) is 0 Å². The fourth-order valence-corrected chi connectivity index (χ4v) is 2.93. The summed E-state index contributed by atoms with van der Waals surface area (Å²) in [6.45, 7) is 2.98. The molecule has 0 spiro atoms. The van der Waals surface area contributed by atoms with Gasteiger partial charge in [0.2, 0.25) is 0 Å². The van der Waals surface area contributed by atoms with E-state index in [1.165, 1.54) is 10.4 Å². The molecule has 0 aliphatic heterocycles. The summed E-state index contributed by atoms with van der Waals surface area (Å²) in [4.78, 5) is 10.9. The maximum atomic E-state index is 4.34. The largest absolute Gasteiger partial charge is 1.00 e. The molecule has 0 amide bonds. The highest BCUT2D eigenvalue weighted by Gasteiger charge is 2.06. The van der Waals surface area contributed by atoms with Gasteiger partial charge in [-0.25, -0.2) is 9.97 Å². The van der Waals surface area contributed by atoms with E-state index in [-0.39, 0.29) is 12.4 Å². The Hall–Kier alpha value is -1.65. The van der Waals surface area contributed by atoms with E-state index in [4.69, 9.17) is 0 Å². The minimum atomic E-state index is 0. The Morgan fingerprint density at radius 1 is 1.15 bits per heavy atom. The number of nitrogens with one attached hydrogen (secondary N) is 1. The number of nitrogens with zero attached hydrogens (tertiary/aromatic N) is 2. The normalized spacial score (nSPS) is 10.2. The zero-order chi connectivity index (χ0) is 13.1. The second kappa shape index (κ2) is 6.68. The van der Waals surface area contributed by atoms with Gasteiger partial charge in [-0.3, -0.25) is 0 Å². The van der Waals surface area contributed by atoms with Crippen LogP contribution in [0.2, 0.25) is 0 Å². The van der Waals surface area contributed by atoms with E-state index >= 15 is 0 Å². The molecule has 0 radical (unpaired) electrons. The molecule has 3 rings (SSSR count). The minimum absolute atomic E-state index is 0. The fraction of sp³-hybridized carbons (Fsp3) is 0.200. The molecule has 2 heterocycles. The number of aromatic nitrogens is 2. The molecule has 0 saturated carbocycles. The second-order valence-electron chi connectivity index (χ2n) is 4.46. The first-order valence-electron chi connectivity index (χ1n) is 6.32. The summed E-state index contributed by atoms with van der Waals surface area (Å²) in [5.74, 6) is 0.935. The van der Waals surface area contributed by atoms with Crippen LogP contribution in [0.1, 0.15) is 10.4 Å². The van der Waals surface area contributed by atoms with Crippen LogP contribution in [0, 0.1) is 6.92 Å². The van der Waals surface area contributed by atoms with Gasteiger partial charge < -0.3 is 17.7 Å². The first-order chi connectivity index (χ1) is 9.33. The number of benzene rings is 1. The standard InChI is InChI=1S/C15H15N3S.ClH/c1-11-9-13-14(17-10-18-15(13)19-11)16-8-7-12-5-3-2-4-6-12;/h2-6,9-10H,7-8H2,1H3,(H,16,17,18);1H/p-1. The molecule has 104 valence electrons. The summed E-state index contributed by atoms with van der Waals surface area (Å²) in [7, 11) is 0. The zero-order valence-electron chi connectivity index (χ0n) is 11.1. The van der Waals surface area contributed by atoms with Crippen molar-refractivity contribution in [2.24, 2.45) is 0 Å². The van der Waals surface area contributed by atoms with Gasteiger partial charge in [-0.1, -0.05) is 30.3 Å². The quantitative estimate of drug-likeness (QED) is 0.769. The number of thiophene rings is 1. The maximum Gasteiger partial charge on any atom is 0.138 e. The Morgan fingerprint density at radius 3 is 2.75 bits per heavy atom. The fourth-order valence-electron chi connectivity index (χ4n) is 2.09. The van der Waals surface area contributed by atoms with Gasteiger partial charge in [0.05, 0.1) is 5.39 Å². The Kier molecular flexibility index (Phi) is 4.93. The van der Waals surface area contributed by atoms with E-state index in [2.05, 4.69) is 52.5 Å². The summed E-state index contributed by atoms with van der Waals surface area (Å²) in [5, 5.41) is 4.53. The minimum Gasteiger partial charge on any atom is -1.00 e. The molecule has 3 nitrogen and oxygen atoms in total. The molecular weight excluding hydrogens is 290 g/mol. The average molecular weight is 305 g/mol. The van der Waals surface area contributed by atoms with Crippen molar-refractivity contribution in [3.63, 3.8) is 0 Å². The highest BCUT2D eigenvalue weighted by atomic mass is 35.5. The predicted octanol–water partition coefficient (Wildman–Crippen LogP) is 0.658. The number of aryl methyl sites for hydroxylation is 1. The monoisotopic (exact) mass is 304 g/mol. The van der Waals surface area contributed by atoms with Crippen LogP contribution in [0.4, 0.5) is 5.82 Å². The second-order valence-corrected chi connectivity index (χ2v) is 5.70. The maximum absolute atomic E-state index is 4.34. The predicted molar refractivity (Wildman–Crippen MR) is 80.8 cm³/mol. The lowest BCUT2D eigenvalue weighted by Gasteiger charge is -2.06. The lowest BCUT2D eigenvalue weighted by Crippen LogP contribution is -3.00. The molecule has 1 aromatic carbocycles. The highest BCUT2D eigenvalue weighted by Crippen LogP contribution is 2.27. The molecule has 0 saturated heterocycles. The number of hydrogen-bond donors (Lipinski definition) is 1. The molecule has 2 aromatic heterocycles. The van der Waals surface area contributed by atoms with Crippen molar-refractivity contribution in [2.45, 2.75) is 13.3 Å². The van der Waals surface area contributed by atoms with Crippen LogP contribution in [-0.4, -0.2) is 16.5 Å². The number of rotatable bonds is 4. The number of anilines is 1. The van der Waals surface area contributed by atoms with Crippen LogP contribution in [-0.2, 0) is 6.42 Å². The molecule has 0 bridgehead atoms. The first kappa shape index (κ1) is 14.8. The molecule has 0 unspecified atom stereocenters. The first-order valence-corrected chi connectivity index (χ1v) is 7.13. The van der Waals surface area contributed by atoms with E-state index in [9.17, 15) is 0 Å². The third kappa shape index (κ3) is 3.26. The summed E-state index contributed by atoms with van der Waals surface area (Å²) in [5.41, 5.74) is 1.33. The van der Waals surface area contributed by atoms with Gasteiger partial charge in [-0.05, 0) is 25.0 Å². The molecule has 0 atom stereocenters. The molecule has 1 N–H and O–H groups in total. The van der Waals surface area contributed by atoms with Crippen LogP contribution in [0.3, 0.4) is 0 Å². The van der Waals surface area contributed by atoms with Gasteiger partial charge in [-0.2, -0.15) is 0 Å². The van der Waals surface area contributed by atoms with Gasteiger partial charge in [0.1, 0.15) is 17.0 Å². The van der Waals surface area contributed by atoms with Gasteiger partial charge in [-0.15, -0.1) is 11.3 Å². The topological polar surface area (TPSA) is 37.8 Å². The van der Waals surface area contributed by atoms with E-state index in [1.54, 1.807) is 17.7 Å². The third-order valence-electron chi connectivity index (χ3n) is 3.00. The summed E-state index contributed by atoms with van der Waals surface area (Å²) >= 11 is 1.71. The van der Waals surface area contributed by atoms with E-state index < -0.39 is 0 Å². The number of fused-ring (bicyclic) bond motifs is 1. The van der Waals surface area contributed by atoms with Gasteiger partial charge >= 0.3 is 0 Å². The zero-order valence-corrected chi connectivity index (χ0v) is 12.7. The Bertz CT molecular complexity index is 682. The lowest BCUT2D eigenvalue weighted by atomic mass is 10.1. The van der Waals surface area contributed by atoms with E-state index in [1.807, 2.05) is 6.07 Å². The summed E-state index contributed by atoms with van der Waals surface area (Å²) < 4.78 is 0. The Balaban J connectivity index is 0.00000147. The smallest absolute Gasteiger partial charge is 0.138 e. The Labute approximate surface area is 128 Å². The molecule has 0 aliphatic rings. The molecular formula is C15H15ClN3S-. The third-order valence-corrected chi connectivity index (χ3v) is 3.96. The number of hydrogen-bond acceptors (Lipinski definition) is 4. The van der Waals surface area contributed by atoms with Crippen molar-refractivity contribution in [3.05, 3.63) is 53.2 Å². The van der Waals surface area contributed by atoms with Crippen molar-refractivity contribution in [1.29, 1.82) is 0 Å². The van der Waals surface area contributed by atoms with E-state index in [0.717, 1.165) is 29.0 Å². The lowest BCUT2D eigenvalue weighted by molar-refractivity contribution is -0.00000387. The molecule has 0 fully saturated rings. The van der Waals surface area contributed by atoms with E-state index in [0.29, 0.717) is 0 Å². The summed E-state index contributed by atoms with van der Waals surface area (Å²) in [6, 6.07) is 12.6. The van der Waals surface area contributed by atoms with Gasteiger partial charge in [0.15, 0.2) is 0 Å². The van der Waals surface area contributed by atoms with Crippen molar-refractivity contribution in [3.8, 4) is 0 Å². The van der Waals surface area contributed by atoms with Crippen molar-refractivity contribution in [1.82, 2.24) is 9.97 Å². The molecule has 5 heteroatoms. The van der Waals surface area contributed by atoms with Crippen molar-refractivity contribution in [2.75, 3.05) is 11.9 Å². The van der Waals surface area contributed by atoms with Crippen LogP contribution < -0.4 is 17.7 Å². The van der Waals surface area contributed by atoms with Crippen LogP contribution in [0.5, 0.6) is 0 Å². The average Bonchev–Trinajstić information content (AvgIpc) is 2.81. The molecule has 0 aliphatic carbocycles. The van der Waals surface area contributed by atoms with Crippen LogP contribution >= 0.6 is 11.3 Å². The highest BCUT2D eigenvalue weighted by molar-refractivity contribution is 7.18. The van der Waals surface area contributed by atoms with Crippen LogP contribution in [0.25, 0.3) is 10.2 Å². The molecule has 3 aromatic rings. The van der Waals surface area contributed by atoms with Crippen molar-refractivity contribution >= 4 is 27.4 Å². The van der Waals surface area contributed by atoms with Gasteiger partial charge in [0, 0.05) is 11.4 Å². The SMILES string of the molecule is Cc1cc2c(NCCc3ccccc3)ncnc2s1.[Cl-]. The van der Waals surface area contributed by atoms with Crippen molar-refractivity contribution < 1.29 is 12.4 Å². The molecule has 20 heavy (non-hydrogen) atoms. The Morgan fingerprint density at radius 2 is 1.95 bits per heavy atom. The summed E-state index contributed by atoms with van der Waals surface area (Å²) in [6.07, 6.45) is 2.62. The number of halogens is 1. The van der Waals surface area contributed by atoms with Crippen LogP contribution in [0.15, 0.2) is 42.7 Å².